The smallest absolute Gasteiger partial charge is 0.294 e. The summed E-state index contributed by atoms with van der Waals surface area (Å²) >= 11 is 4.71. The highest BCUT2D eigenvalue weighted by molar-refractivity contribution is 6.66. The third-order valence-corrected chi connectivity index (χ3v) is 12.5. The minimum Gasteiger partial charge on any atom is -0.497 e. The van der Waals surface area contributed by atoms with Gasteiger partial charge in [-0.2, -0.15) is 20.2 Å². The molecule has 4 aromatic heterocycles. The molecule has 8 aromatic rings. The average Bonchev–Trinajstić information content (AvgIpc) is 4.11. The van der Waals surface area contributed by atoms with Gasteiger partial charge in [0.2, 0.25) is 23.0 Å². The third-order valence-electron chi connectivity index (χ3n) is 12.4. The number of benzene rings is 4. The summed E-state index contributed by atoms with van der Waals surface area (Å²) in [7, 11) is 18.1. The van der Waals surface area contributed by atoms with E-state index < -0.39 is 10.2 Å². The number of ether oxygens (including phenoxy) is 4. The monoisotopic (exact) mass is 1130 g/mol. The van der Waals surface area contributed by atoms with Crippen LogP contribution in [0.5, 0.6) is 23.0 Å². The molecule has 0 saturated heterocycles. The van der Waals surface area contributed by atoms with Gasteiger partial charge in [-0.15, -0.1) is 0 Å². The molecule has 0 spiro atoms. The molecule has 3 N–H and O–H groups in total. The van der Waals surface area contributed by atoms with Gasteiger partial charge >= 0.3 is 0 Å². The van der Waals surface area contributed by atoms with Crippen molar-refractivity contribution in [2.45, 2.75) is 13.8 Å². The molecule has 0 aliphatic rings. The van der Waals surface area contributed by atoms with E-state index in [9.17, 15) is 19.7 Å². The quantitative estimate of drug-likeness (QED) is 0.0248. The number of hydrogen-bond donors (Lipinski definition) is 3. The number of fused-ring (bicyclic) bond motifs is 2. The summed E-state index contributed by atoms with van der Waals surface area (Å²) in [5, 5.41) is 31.9. The number of halogens is 1. The zero-order valence-electron chi connectivity index (χ0n) is 47.4. The Labute approximate surface area is 474 Å². The molecule has 0 saturated carbocycles. The van der Waals surface area contributed by atoms with Gasteiger partial charge in [0.05, 0.1) is 78.5 Å². The number of rotatable bonds is 22. The number of amides is 1. The number of nitrogens with one attached hydrogen (secondary N) is 3. The Kier molecular flexibility index (Phi) is 21.0. The van der Waals surface area contributed by atoms with Gasteiger partial charge in [-0.25, -0.2) is 19.3 Å². The Bertz CT molecular complexity index is 3550. The number of nitro benzene ring substituents is 1. The fourth-order valence-electron chi connectivity index (χ4n) is 8.05. The van der Waals surface area contributed by atoms with E-state index in [4.69, 9.17) is 35.5 Å². The van der Waals surface area contributed by atoms with Gasteiger partial charge in [0.1, 0.15) is 28.7 Å². The molecular weight excluding hydrogens is 1060 g/mol. The minimum atomic E-state index is -0.509. The van der Waals surface area contributed by atoms with Crippen LogP contribution in [-0.4, -0.2) is 162 Å². The molecule has 4 aromatic carbocycles. The number of nitro groups is 1. The van der Waals surface area contributed by atoms with E-state index in [2.05, 4.69) is 64.1 Å². The van der Waals surface area contributed by atoms with E-state index in [0.717, 1.165) is 70.3 Å². The lowest BCUT2D eigenvalue weighted by Gasteiger charge is -2.26. The van der Waals surface area contributed by atoms with Crippen LogP contribution in [0.3, 0.4) is 0 Å². The van der Waals surface area contributed by atoms with E-state index in [1.807, 2.05) is 108 Å². The normalized spacial score (nSPS) is 10.8. The molecule has 8 rings (SSSR count). The molecule has 0 aliphatic heterocycles. The highest BCUT2D eigenvalue weighted by Gasteiger charge is 2.24. The van der Waals surface area contributed by atoms with Crippen molar-refractivity contribution in [2.75, 3.05) is 123 Å². The summed E-state index contributed by atoms with van der Waals surface area (Å²) in [6.07, 6.45) is 5.53. The van der Waals surface area contributed by atoms with E-state index in [0.29, 0.717) is 64.1 Å². The van der Waals surface area contributed by atoms with Crippen molar-refractivity contribution in [2.24, 2.45) is 0 Å². The Balaban J connectivity index is 0.000000241. The highest BCUT2D eigenvalue weighted by Crippen LogP contribution is 2.40. The van der Waals surface area contributed by atoms with Gasteiger partial charge in [0.15, 0.2) is 11.6 Å². The van der Waals surface area contributed by atoms with Crippen molar-refractivity contribution >= 4 is 90.6 Å². The largest absolute Gasteiger partial charge is 0.497 e. The Morgan fingerprint density at radius 1 is 0.630 bits per heavy atom. The molecule has 0 aliphatic carbocycles. The Morgan fingerprint density at radius 3 is 1.48 bits per heavy atom. The fourth-order valence-corrected chi connectivity index (χ4v) is 8.05. The van der Waals surface area contributed by atoms with E-state index in [1.54, 1.807) is 67.4 Å². The van der Waals surface area contributed by atoms with Gasteiger partial charge in [-0.05, 0) is 96.1 Å². The van der Waals surface area contributed by atoms with Crippen LogP contribution in [0.25, 0.3) is 33.4 Å². The van der Waals surface area contributed by atoms with Crippen molar-refractivity contribution in [3.05, 3.63) is 132 Å². The summed E-state index contributed by atoms with van der Waals surface area (Å²) in [4.78, 5) is 59.3. The summed E-state index contributed by atoms with van der Waals surface area (Å²) in [6.45, 7) is 13.5. The van der Waals surface area contributed by atoms with Crippen LogP contribution in [0.1, 0.15) is 11.4 Å². The van der Waals surface area contributed by atoms with Gasteiger partial charge in [-0.1, -0.05) is 13.2 Å². The molecule has 81 heavy (non-hydrogen) atoms. The first-order valence-electron chi connectivity index (χ1n) is 25.1. The SMILES string of the molecule is C=CC(=O)Cl.C=CC(=O)Nc1cc(Nc2nccc(-n3nc(C)c4ccc(OC)cc43)n2)c(OC)cc1N(C)CCN(C)C.COc1ccc2c(C)nn(-c3ccnc(Nc4cc([N+](=O)[O-])c(N(C)CCN(C)C)cc4OC)n3)c2c1. The van der Waals surface area contributed by atoms with Crippen molar-refractivity contribution in [3.8, 4) is 34.6 Å². The van der Waals surface area contributed by atoms with Gasteiger partial charge < -0.3 is 54.5 Å². The van der Waals surface area contributed by atoms with Crippen molar-refractivity contribution in [1.82, 2.24) is 49.3 Å². The number of carbonyl (C=O) groups excluding carboxylic acids is 2. The van der Waals surface area contributed by atoms with Gasteiger partial charge in [0, 0.05) is 106 Å². The molecule has 0 bridgehead atoms. The molecule has 1 amide bonds. The zero-order valence-corrected chi connectivity index (χ0v) is 48.2. The van der Waals surface area contributed by atoms with Crippen molar-refractivity contribution in [1.29, 1.82) is 0 Å². The number of likely N-dealkylation sites (N-methyl/N-ethyl adjacent to an activating group) is 4. The first-order chi connectivity index (χ1) is 38.7. The molecule has 0 fully saturated rings. The Morgan fingerprint density at radius 2 is 1.07 bits per heavy atom. The maximum absolute atomic E-state index is 12.3. The lowest BCUT2D eigenvalue weighted by Crippen LogP contribution is -2.29. The second-order valence-corrected chi connectivity index (χ2v) is 18.9. The van der Waals surface area contributed by atoms with Crippen LogP contribution in [0.15, 0.2) is 111 Å². The molecule has 426 valence electrons. The standard InChI is InChI=1S/C28H34N8O3.C25H30N8O4.C3H3ClO/c1-8-27(37)30-21-16-22(25(39-7)17-24(21)35(5)14-13-34(3)4)31-28-29-12-11-26(32-28)36-23-15-19(38-6)9-10-20(23)18(2)33-36;1-16-18-8-7-17(36-5)13-20(18)32(29-16)24-9-10-26-25(28-24)27-19-14-22(33(34)35)21(15-23(19)37-6)31(4)12-11-30(2)3;1-2-3(4)5/h8-12,15-17H,1,13-14H2,2-7H3,(H,30,37)(H,29,31,32);7-10,13-15H,11-12H2,1-6H3,(H,26,27,28);2H,1H2. The minimum absolute atomic E-state index is 0.0542. The number of anilines is 7. The molecule has 0 unspecified atom stereocenters. The van der Waals surface area contributed by atoms with E-state index in [-0.39, 0.29) is 17.5 Å². The molecule has 25 heteroatoms. The second kappa shape index (κ2) is 28.0. The number of carbonyl (C=O) groups is 2. The molecular formula is C56H67ClN16O8. The van der Waals surface area contributed by atoms with Crippen molar-refractivity contribution in [3.63, 3.8) is 0 Å². The van der Waals surface area contributed by atoms with Gasteiger partial charge in [0.25, 0.3) is 5.69 Å². The number of allylic oxidation sites excluding steroid dienone is 1. The van der Waals surface area contributed by atoms with Crippen LogP contribution in [-0.2, 0) is 9.59 Å². The number of nitrogens with zero attached hydrogens (tertiary/aromatic N) is 13. The van der Waals surface area contributed by atoms with E-state index >= 15 is 0 Å². The van der Waals surface area contributed by atoms with Crippen LogP contribution in [0, 0.1) is 24.0 Å². The fraction of sp³-hybridized carbons (Fsp3) is 0.286. The van der Waals surface area contributed by atoms with Crippen LogP contribution in [0.2, 0.25) is 0 Å². The maximum Gasteiger partial charge on any atom is 0.294 e. The zero-order chi connectivity index (χ0) is 59.1. The topological polar surface area (TPSA) is 250 Å². The third kappa shape index (κ3) is 15.5. The molecule has 0 atom stereocenters. The van der Waals surface area contributed by atoms with E-state index in [1.165, 1.54) is 19.3 Å². The summed E-state index contributed by atoms with van der Waals surface area (Å²) in [5.74, 6) is 3.79. The van der Waals surface area contributed by atoms with Gasteiger partial charge in [-0.3, -0.25) is 19.7 Å². The van der Waals surface area contributed by atoms with Crippen molar-refractivity contribution < 1.29 is 33.5 Å². The number of methoxy groups -OCH3 is 4. The number of hydrogen-bond acceptors (Lipinski definition) is 20. The first-order valence-corrected chi connectivity index (χ1v) is 25.4. The van der Waals surface area contributed by atoms with Crippen LogP contribution < -0.4 is 44.7 Å². The maximum atomic E-state index is 12.3. The number of aromatic nitrogens is 8. The molecule has 24 nitrogen and oxygen atoms in total. The predicted molar refractivity (Wildman–Crippen MR) is 319 cm³/mol. The number of aryl methyl sites for hydroxylation is 2. The summed E-state index contributed by atoms with van der Waals surface area (Å²) < 4.78 is 25.5. The summed E-state index contributed by atoms with van der Waals surface area (Å²) in [5.41, 5.74) is 6.18. The lowest BCUT2D eigenvalue weighted by molar-refractivity contribution is -0.384. The molecule has 4 heterocycles. The summed E-state index contributed by atoms with van der Waals surface area (Å²) in [6, 6.07) is 21.8. The first kappa shape index (κ1) is 60.8. The average molecular weight is 1130 g/mol. The second-order valence-electron chi connectivity index (χ2n) is 18.5. The predicted octanol–water partition coefficient (Wildman–Crippen LogP) is 8.74. The van der Waals surface area contributed by atoms with Crippen LogP contribution >= 0.6 is 11.6 Å². The Hall–Kier alpha value is -9.39. The highest BCUT2D eigenvalue weighted by atomic mass is 35.5. The molecule has 0 radical (unpaired) electrons. The van der Waals surface area contributed by atoms with Crippen LogP contribution in [0.4, 0.5) is 46.0 Å². The lowest BCUT2D eigenvalue weighted by atomic mass is 10.2.